The fourth-order valence-electron chi connectivity index (χ4n) is 7.26. The fourth-order valence-corrected chi connectivity index (χ4v) is 7.26. The van der Waals surface area contributed by atoms with Crippen molar-refractivity contribution in [3.63, 3.8) is 0 Å². The minimum Gasteiger partial charge on any atom is -0.375 e. The van der Waals surface area contributed by atoms with Crippen molar-refractivity contribution in [2.75, 3.05) is 5.32 Å². The van der Waals surface area contributed by atoms with Crippen molar-refractivity contribution in [1.82, 2.24) is 0 Å². The highest BCUT2D eigenvalue weighted by atomic mass is 15.0. The van der Waals surface area contributed by atoms with E-state index in [0.717, 1.165) is 0 Å². The molecule has 0 atom stereocenters. The zero-order chi connectivity index (χ0) is 20.7. The highest BCUT2D eigenvalue weighted by molar-refractivity contribution is 5.93. The van der Waals surface area contributed by atoms with Gasteiger partial charge in [0.1, 0.15) is 0 Å². The summed E-state index contributed by atoms with van der Waals surface area (Å²) in [5.74, 6) is 0. The van der Waals surface area contributed by atoms with Crippen LogP contribution in [0.15, 0.2) is 29.9 Å². The molecule has 1 saturated carbocycles. The summed E-state index contributed by atoms with van der Waals surface area (Å²) in [5.41, 5.74) is 13.2. The lowest BCUT2D eigenvalue weighted by Gasteiger charge is -2.48. The zero-order valence-corrected chi connectivity index (χ0v) is 19.3. The first kappa shape index (κ1) is 19.9. The molecule has 1 aromatic rings. The van der Waals surface area contributed by atoms with Gasteiger partial charge in [-0.15, -0.1) is 0 Å². The van der Waals surface area contributed by atoms with Crippen molar-refractivity contribution in [3.8, 4) is 0 Å². The Bertz CT molecular complexity index is 951. The normalized spacial score (nSPS) is 25.3. The van der Waals surface area contributed by atoms with Crippen molar-refractivity contribution in [2.24, 2.45) is 0 Å². The van der Waals surface area contributed by atoms with Crippen LogP contribution in [0.4, 0.5) is 5.69 Å². The van der Waals surface area contributed by atoms with Crippen molar-refractivity contribution in [3.05, 3.63) is 46.5 Å². The maximum absolute atomic E-state index is 4.29. The molecule has 1 fully saturated rings. The molecule has 1 nitrogen and oxygen atoms in total. The minimum atomic E-state index is 0.261. The van der Waals surface area contributed by atoms with Gasteiger partial charge in [-0.1, -0.05) is 31.4 Å². The van der Waals surface area contributed by atoms with Gasteiger partial charge in [0.2, 0.25) is 0 Å². The third-order valence-electron chi connectivity index (χ3n) is 8.88. The molecule has 4 aliphatic carbocycles. The van der Waals surface area contributed by atoms with E-state index in [-0.39, 0.29) is 5.54 Å². The zero-order valence-electron chi connectivity index (χ0n) is 19.3. The number of anilines is 1. The Kier molecular flexibility index (Phi) is 5.33. The largest absolute Gasteiger partial charge is 0.375 e. The van der Waals surface area contributed by atoms with E-state index in [4.69, 9.17) is 0 Å². The monoisotopic (exact) mass is 413 g/mol. The van der Waals surface area contributed by atoms with E-state index in [0.29, 0.717) is 0 Å². The van der Waals surface area contributed by atoms with Crippen LogP contribution in [0.3, 0.4) is 0 Å². The molecular weight excluding hydrogens is 374 g/mol. The molecule has 0 unspecified atom stereocenters. The lowest BCUT2D eigenvalue weighted by molar-refractivity contribution is 0.353. The van der Waals surface area contributed by atoms with Gasteiger partial charge >= 0.3 is 0 Å². The summed E-state index contributed by atoms with van der Waals surface area (Å²) in [6.45, 7) is 0. The molecule has 1 heterocycles. The molecule has 0 saturated heterocycles. The molecule has 1 spiro atoms. The number of hydrogen-bond acceptors (Lipinski definition) is 1. The van der Waals surface area contributed by atoms with Crippen LogP contribution in [-0.4, -0.2) is 5.54 Å². The second kappa shape index (κ2) is 8.30. The van der Waals surface area contributed by atoms with Gasteiger partial charge in [0.25, 0.3) is 0 Å². The molecule has 164 valence electrons. The number of fused-ring (bicyclic) bond motifs is 3. The number of nitrogens with one attached hydrogen (secondary N) is 1. The van der Waals surface area contributed by atoms with Crippen molar-refractivity contribution >= 4 is 22.4 Å². The second-order valence-corrected chi connectivity index (χ2v) is 10.8. The molecule has 1 aliphatic heterocycles. The van der Waals surface area contributed by atoms with Gasteiger partial charge in [0.15, 0.2) is 0 Å². The average Bonchev–Trinajstić information content (AvgIpc) is 2.85. The molecule has 6 rings (SSSR count). The first-order chi connectivity index (χ1) is 15.3. The van der Waals surface area contributed by atoms with Crippen molar-refractivity contribution in [2.45, 2.75) is 115 Å². The molecule has 0 amide bonds. The van der Waals surface area contributed by atoms with E-state index in [1.165, 1.54) is 120 Å². The molecule has 5 aliphatic rings. The molecule has 31 heavy (non-hydrogen) atoms. The molecular formula is C30H39N. The van der Waals surface area contributed by atoms with Crippen molar-refractivity contribution in [1.29, 1.82) is 0 Å². The van der Waals surface area contributed by atoms with Gasteiger partial charge in [-0.3, -0.25) is 0 Å². The third kappa shape index (κ3) is 3.53. The van der Waals surface area contributed by atoms with Crippen LogP contribution in [0, 0.1) is 0 Å². The van der Waals surface area contributed by atoms with Crippen LogP contribution in [0.1, 0.15) is 126 Å². The third-order valence-corrected chi connectivity index (χ3v) is 8.88. The van der Waals surface area contributed by atoms with Gasteiger partial charge in [-0.05, 0) is 130 Å². The summed E-state index contributed by atoms with van der Waals surface area (Å²) in [5, 5.41) is 4.29. The predicted molar refractivity (Wildman–Crippen MR) is 134 cm³/mol. The summed E-state index contributed by atoms with van der Waals surface area (Å²) in [6.07, 6.45) is 27.9. The van der Waals surface area contributed by atoms with Crippen LogP contribution in [0.5, 0.6) is 0 Å². The van der Waals surface area contributed by atoms with Gasteiger partial charge in [-0.25, -0.2) is 0 Å². The Balaban J connectivity index is 1.56. The minimum absolute atomic E-state index is 0.261. The highest BCUT2D eigenvalue weighted by Gasteiger charge is 2.42. The van der Waals surface area contributed by atoms with Crippen molar-refractivity contribution < 1.29 is 0 Å². The molecule has 1 aromatic carbocycles. The van der Waals surface area contributed by atoms with E-state index in [1.54, 1.807) is 27.8 Å². The maximum atomic E-state index is 4.29. The summed E-state index contributed by atoms with van der Waals surface area (Å²) in [7, 11) is 0. The number of allylic oxidation sites excluding steroid dienone is 5. The van der Waals surface area contributed by atoms with Crippen LogP contribution in [-0.2, 0) is 0 Å². The Labute approximate surface area is 189 Å². The van der Waals surface area contributed by atoms with E-state index in [1.807, 2.05) is 5.57 Å². The Morgan fingerprint density at radius 2 is 1.29 bits per heavy atom. The summed E-state index contributed by atoms with van der Waals surface area (Å²) >= 11 is 0. The fraction of sp³-hybridized carbons (Fsp3) is 0.600. The summed E-state index contributed by atoms with van der Waals surface area (Å²) in [4.78, 5) is 0. The van der Waals surface area contributed by atoms with E-state index in [2.05, 4.69) is 29.6 Å². The highest BCUT2D eigenvalue weighted by Crippen LogP contribution is 2.53. The van der Waals surface area contributed by atoms with Crippen LogP contribution in [0.25, 0.3) is 16.7 Å². The number of rotatable bonds is 2. The lowest BCUT2D eigenvalue weighted by Crippen LogP contribution is -2.45. The molecule has 1 N–H and O–H groups in total. The van der Waals surface area contributed by atoms with E-state index >= 15 is 0 Å². The summed E-state index contributed by atoms with van der Waals surface area (Å²) < 4.78 is 0. The first-order valence-electron chi connectivity index (χ1n) is 13.4. The van der Waals surface area contributed by atoms with E-state index in [9.17, 15) is 0 Å². The topological polar surface area (TPSA) is 12.0 Å². The Morgan fingerprint density at radius 1 is 0.613 bits per heavy atom. The quantitative estimate of drug-likeness (QED) is 0.510. The summed E-state index contributed by atoms with van der Waals surface area (Å²) in [6, 6.07) is 5.19. The number of benzene rings is 1. The molecule has 0 aromatic heterocycles. The average molecular weight is 414 g/mol. The molecule has 0 radical (unpaired) electrons. The SMILES string of the molecule is C1=C(c2cc(C3=CCCCC3)c3c(c2)C2=C(CCCC2)C2(CCCCC2)N3)CCCC1. The van der Waals surface area contributed by atoms with Crippen LogP contribution < -0.4 is 5.32 Å². The van der Waals surface area contributed by atoms with Gasteiger partial charge in [-0.2, -0.15) is 0 Å². The Hall–Kier alpha value is -1.76. The van der Waals surface area contributed by atoms with E-state index < -0.39 is 0 Å². The number of hydrogen-bond donors (Lipinski definition) is 1. The maximum Gasteiger partial charge on any atom is 0.0591 e. The molecule has 0 bridgehead atoms. The molecule has 1 heteroatoms. The smallest absolute Gasteiger partial charge is 0.0591 e. The standard InChI is InChI=1S/C30H39N/c1-4-12-22(13-5-1)24-20-26(23-14-6-2-7-15-23)29-27(21-24)25-16-8-9-17-28(25)30(31-29)18-10-3-11-19-30/h12,14,20-21,31H,1-11,13,15-19H2. The van der Waals surface area contributed by atoms with Crippen LogP contribution >= 0.6 is 0 Å². The van der Waals surface area contributed by atoms with Gasteiger partial charge < -0.3 is 5.32 Å². The van der Waals surface area contributed by atoms with Crippen LogP contribution in [0.2, 0.25) is 0 Å². The van der Waals surface area contributed by atoms with Gasteiger partial charge in [0.05, 0.1) is 5.54 Å². The second-order valence-electron chi connectivity index (χ2n) is 10.8. The Morgan fingerprint density at radius 3 is 2.03 bits per heavy atom. The van der Waals surface area contributed by atoms with Gasteiger partial charge in [0, 0.05) is 16.8 Å². The lowest BCUT2D eigenvalue weighted by atomic mass is 9.66. The predicted octanol–water partition coefficient (Wildman–Crippen LogP) is 9.06. The first-order valence-corrected chi connectivity index (χ1v) is 13.4.